The van der Waals surface area contributed by atoms with Crippen molar-refractivity contribution in [2.45, 2.75) is 209 Å². The Morgan fingerprint density at radius 1 is 0.536 bits per heavy atom. The number of carbonyl (C=O) groups is 1. The standard InChI is InChI=1S/C55H89NO13/c1-3-5-7-9-11-13-15-17-19-21-22-23-25-27-29-31-33-35-37-39-47(60)56-43(44(59)38-36-34-32-30-28-26-24-20-18-16-14-12-10-8-6-4-2)42-66-54-52(65)50(63)53(46(41-58)68-54)69-55-51(64)49(62)48(61)45(40-57)67-55/h5,7,11,13,17-20,22-23,27-30,33,35-36,38,43-46,48-55,57-59,61-65H,3-4,6,8-10,12,14-16,21,24-26,31-32,34,37,39-42H2,1-2H3,(H,56,60)/b7-5-,13-11-,19-17-,20-18+,23-22-,29-27-,30-28+,35-33-,38-36+. The van der Waals surface area contributed by atoms with Crippen molar-refractivity contribution in [3.63, 3.8) is 0 Å². The Labute approximate surface area is 413 Å². The maximum Gasteiger partial charge on any atom is 0.220 e. The fourth-order valence-electron chi connectivity index (χ4n) is 7.52. The third-order valence-electron chi connectivity index (χ3n) is 11.7. The predicted molar refractivity (Wildman–Crippen MR) is 272 cm³/mol. The lowest BCUT2D eigenvalue weighted by Crippen LogP contribution is -2.65. The molecule has 0 aromatic carbocycles. The van der Waals surface area contributed by atoms with Crippen LogP contribution in [-0.4, -0.2) is 140 Å². The molecule has 2 aliphatic rings. The first kappa shape index (κ1) is 61.8. The SMILES string of the molecule is CC/C=C\C/C=C\C/C=C\C/C=C\C/C=C\C/C=C\CCC(=O)NC(COC1OC(CO)C(OC2OC(CO)C(O)C(O)C2O)C(O)C1O)C(O)/C=C/CC/C=C/CC/C=C/CCCCCCCC. The Kier molecular flexibility index (Phi) is 36.0. The molecule has 2 fully saturated rings. The molecule has 0 spiro atoms. The van der Waals surface area contributed by atoms with Crippen LogP contribution in [0.4, 0.5) is 0 Å². The molecule has 14 heteroatoms. The third kappa shape index (κ3) is 27.2. The van der Waals surface area contributed by atoms with Gasteiger partial charge >= 0.3 is 0 Å². The van der Waals surface area contributed by atoms with Crippen LogP contribution in [0.3, 0.4) is 0 Å². The lowest BCUT2D eigenvalue weighted by Gasteiger charge is -2.46. The molecule has 2 saturated heterocycles. The van der Waals surface area contributed by atoms with Crippen molar-refractivity contribution in [3.8, 4) is 0 Å². The van der Waals surface area contributed by atoms with Gasteiger partial charge in [-0.2, -0.15) is 0 Å². The van der Waals surface area contributed by atoms with E-state index in [1.807, 2.05) is 18.2 Å². The lowest BCUT2D eigenvalue weighted by atomic mass is 9.97. The molecule has 2 heterocycles. The van der Waals surface area contributed by atoms with Crippen LogP contribution in [0.1, 0.15) is 136 Å². The molecule has 12 unspecified atom stereocenters. The molecular formula is C55H89NO13. The minimum Gasteiger partial charge on any atom is -0.394 e. The number of carbonyl (C=O) groups excluding carboxylic acids is 1. The molecule has 0 radical (unpaired) electrons. The van der Waals surface area contributed by atoms with E-state index in [0.717, 1.165) is 64.2 Å². The zero-order valence-corrected chi connectivity index (χ0v) is 41.5. The molecule has 14 nitrogen and oxygen atoms in total. The maximum absolute atomic E-state index is 13.1. The van der Waals surface area contributed by atoms with E-state index in [1.165, 1.54) is 38.5 Å². The number of hydrogen-bond acceptors (Lipinski definition) is 13. The second kappa shape index (κ2) is 40.3. The van der Waals surface area contributed by atoms with E-state index < -0.39 is 86.8 Å². The van der Waals surface area contributed by atoms with Crippen molar-refractivity contribution < 1.29 is 64.6 Å². The van der Waals surface area contributed by atoms with E-state index in [4.69, 9.17) is 18.9 Å². The van der Waals surface area contributed by atoms with Gasteiger partial charge in [-0.1, -0.05) is 155 Å². The summed E-state index contributed by atoms with van der Waals surface area (Å²) in [6, 6.07) is -0.985. The Bertz CT molecular complexity index is 1570. The van der Waals surface area contributed by atoms with Gasteiger partial charge in [-0.3, -0.25) is 4.79 Å². The van der Waals surface area contributed by atoms with Crippen molar-refractivity contribution in [1.82, 2.24) is 5.32 Å². The van der Waals surface area contributed by atoms with Gasteiger partial charge < -0.3 is 65.1 Å². The number of allylic oxidation sites excluding steroid dienone is 17. The second-order valence-corrected chi connectivity index (χ2v) is 17.5. The summed E-state index contributed by atoms with van der Waals surface area (Å²) in [7, 11) is 0. The highest BCUT2D eigenvalue weighted by molar-refractivity contribution is 5.76. The molecule has 0 aromatic rings. The number of hydrogen-bond donors (Lipinski definition) is 9. The summed E-state index contributed by atoms with van der Waals surface area (Å²) in [4.78, 5) is 13.1. The smallest absolute Gasteiger partial charge is 0.220 e. The number of unbranched alkanes of at least 4 members (excludes halogenated alkanes) is 8. The summed E-state index contributed by atoms with van der Waals surface area (Å²) in [5.41, 5.74) is 0. The molecule has 69 heavy (non-hydrogen) atoms. The Morgan fingerprint density at radius 2 is 1.01 bits per heavy atom. The van der Waals surface area contributed by atoms with Crippen molar-refractivity contribution in [2.24, 2.45) is 0 Å². The van der Waals surface area contributed by atoms with Crippen LogP contribution in [-0.2, 0) is 23.7 Å². The summed E-state index contributed by atoms with van der Waals surface area (Å²) in [6.45, 7) is 2.55. The average molecular weight is 972 g/mol. The van der Waals surface area contributed by atoms with Gasteiger partial charge in [-0.15, -0.1) is 0 Å². The maximum atomic E-state index is 13.1. The molecule has 2 rings (SSSR count). The Balaban J connectivity index is 1.92. The van der Waals surface area contributed by atoms with Crippen molar-refractivity contribution >= 4 is 5.91 Å². The number of rotatable bonds is 37. The molecule has 0 aromatic heterocycles. The summed E-state index contributed by atoms with van der Waals surface area (Å²) in [5, 5.41) is 86.7. The summed E-state index contributed by atoms with van der Waals surface area (Å²) >= 11 is 0. The highest BCUT2D eigenvalue weighted by Gasteiger charge is 2.51. The quantitative estimate of drug-likeness (QED) is 0.0228. The lowest BCUT2D eigenvalue weighted by molar-refractivity contribution is -0.359. The van der Waals surface area contributed by atoms with Gasteiger partial charge in [-0.25, -0.2) is 0 Å². The average Bonchev–Trinajstić information content (AvgIpc) is 3.35. The van der Waals surface area contributed by atoms with Gasteiger partial charge in [0.15, 0.2) is 12.6 Å². The van der Waals surface area contributed by atoms with Crippen LogP contribution in [0.15, 0.2) is 109 Å². The highest BCUT2D eigenvalue weighted by Crippen LogP contribution is 2.30. The van der Waals surface area contributed by atoms with E-state index in [2.05, 4.69) is 104 Å². The normalized spacial score (nSPS) is 27.1. The predicted octanol–water partition coefficient (Wildman–Crippen LogP) is 6.93. The number of aliphatic hydroxyl groups excluding tert-OH is 8. The van der Waals surface area contributed by atoms with Crippen LogP contribution >= 0.6 is 0 Å². The second-order valence-electron chi connectivity index (χ2n) is 17.5. The van der Waals surface area contributed by atoms with Gasteiger partial charge in [-0.05, 0) is 83.5 Å². The minimum absolute atomic E-state index is 0.138. The fraction of sp³-hybridized carbons (Fsp3) is 0.655. The van der Waals surface area contributed by atoms with Crippen molar-refractivity contribution in [1.29, 1.82) is 0 Å². The third-order valence-corrected chi connectivity index (χ3v) is 11.7. The zero-order chi connectivity index (χ0) is 50.3. The number of ether oxygens (including phenoxy) is 4. The van der Waals surface area contributed by atoms with E-state index in [-0.39, 0.29) is 18.9 Å². The zero-order valence-electron chi connectivity index (χ0n) is 41.5. The molecule has 0 aliphatic carbocycles. The van der Waals surface area contributed by atoms with Gasteiger partial charge in [0, 0.05) is 6.42 Å². The van der Waals surface area contributed by atoms with Crippen LogP contribution in [0.2, 0.25) is 0 Å². The number of aliphatic hydroxyl groups is 8. The summed E-state index contributed by atoms with van der Waals surface area (Å²) in [6.07, 6.45) is 38.5. The number of nitrogens with one attached hydrogen (secondary N) is 1. The van der Waals surface area contributed by atoms with E-state index in [9.17, 15) is 45.6 Å². The fourth-order valence-corrected chi connectivity index (χ4v) is 7.52. The van der Waals surface area contributed by atoms with Crippen LogP contribution in [0, 0.1) is 0 Å². The van der Waals surface area contributed by atoms with Crippen molar-refractivity contribution in [3.05, 3.63) is 109 Å². The van der Waals surface area contributed by atoms with Gasteiger partial charge in [0.05, 0.1) is 32.0 Å². The first-order valence-corrected chi connectivity index (χ1v) is 25.6. The van der Waals surface area contributed by atoms with Gasteiger partial charge in [0.25, 0.3) is 0 Å². The molecule has 12 atom stereocenters. The summed E-state index contributed by atoms with van der Waals surface area (Å²) < 4.78 is 22.6. The Hall–Kier alpha value is -3.35. The summed E-state index contributed by atoms with van der Waals surface area (Å²) in [5.74, 6) is -0.342. The molecule has 0 bridgehead atoms. The van der Waals surface area contributed by atoms with E-state index in [1.54, 1.807) is 6.08 Å². The molecule has 2 aliphatic heterocycles. The van der Waals surface area contributed by atoms with Crippen molar-refractivity contribution in [2.75, 3.05) is 19.8 Å². The molecule has 1 amide bonds. The first-order chi connectivity index (χ1) is 33.6. The molecule has 0 saturated carbocycles. The van der Waals surface area contributed by atoms with Crippen LogP contribution in [0.5, 0.6) is 0 Å². The number of amides is 1. The van der Waals surface area contributed by atoms with Crippen LogP contribution in [0.25, 0.3) is 0 Å². The monoisotopic (exact) mass is 972 g/mol. The van der Waals surface area contributed by atoms with Crippen LogP contribution < -0.4 is 5.32 Å². The highest BCUT2D eigenvalue weighted by atomic mass is 16.7. The topological polar surface area (TPSA) is 228 Å². The van der Waals surface area contributed by atoms with Gasteiger partial charge in [0.1, 0.15) is 48.8 Å². The molecule has 392 valence electrons. The molecule has 9 N–H and O–H groups in total. The largest absolute Gasteiger partial charge is 0.394 e. The first-order valence-electron chi connectivity index (χ1n) is 25.6. The van der Waals surface area contributed by atoms with Gasteiger partial charge in [0.2, 0.25) is 5.91 Å². The molecular weight excluding hydrogens is 883 g/mol. The Morgan fingerprint density at radius 3 is 1.58 bits per heavy atom. The minimum atomic E-state index is -1.80. The van der Waals surface area contributed by atoms with E-state index in [0.29, 0.717) is 12.8 Å². The van der Waals surface area contributed by atoms with E-state index >= 15 is 0 Å².